The van der Waals surface area contributed by atoms with Crippen LogP contribution in [-0.2, 0) is 0 Å². The minimum atomic E-state index is -0.532. The average molecular weight is 458 g/mol. The number of rotatable bonds is 6. The Morgan fingerprint density at radius 2 is 2.03 bits per heavy atom. The Hall–Kier alpha value is -3.08. The molecule has 5 heterocycles. The lowest BCUT2D eigenvalue weighted by molar-refractivity contribution is 0.130. The number of fused-ring (bicyclic) bond motifs is 1. The predicted octanol–water partition coefficient (Wildman–Crippen LogP) is 4.18. The molecule has 1 aliphatic rings. The monoisotopic (exact) mass is 457 g/mol. The van der Waals surface area contributed by atoms with Crippen molar-refractivity contribution in [3.05, 3.63) is 36.3 Å². The molecule has 1 unspecified atom stereocenters. The summed E-state index contributed by atoms with van der Waals surface area (Å²) < 4.78 is 26.6. The van der Waals surface area contributed by atoms with Crippen LogP contribution in [0.25, 0.3) is 16.2 Å². The SMILES string of the molecule is CC(C)c1noc(N2CCC(C(C)Oc3nn4cc(-c5ccnc(F)c5)nc4s3)CC2)n1. The molecule has 1 saturated heterocycles. The van der Waals surface area contributed by atoms with Gasteiger partial charge in [-0.3, -0.25) is 0 Å². The summed E-state index contributed by atoms with van der Waals surface area (Å²) in [5, 5.41) is 9.13. The van der Waals surface area contributed by atoms with Gasteiger partial charge >= 0.3 is 6.01 Å². The highest BCUT2D eigenvalue weighted by Crippen LogP contribution is 2.30. The van der Waals surface area contributed by atoms with Crippen LogP contribution in [0.5, 0.6) is 5.19 Å². The molecule has 0 aliphatic carbocycles. The van der Waals surface area contributed by atoms with Crippen LogP contribution in [0.1, 0.15) is 45.4 Å². The summed E-state index contributed by atoms with van der Waals surface area (Å²) in [5.41, 5.74) is 1.32. The maximum absolute atomic E-state index is 13.4. The zero-order valence-corrected chi connectivity index (χ0v) is 18.9. The molecule has 11 heteroatoms. The molecule has 0 saturated carbocycles. The Morgan fingerprint density at radius 1 is 1.22 bits per heavy atom. The van der Waals surface area contributed by atoms with Crippen molar-refractivity contribution < 1.29 is 13.7 Å². The number of imidazole rings is 1. The fourth-order valence-corrected chi connectivity index (χ4v) is 4.65. The molecule has 4 aromatic rings. The second kappa shape index (κ2) is 8.45. The Balaban J connectivity index is 1.19. The summed E-state index contributed by atoms with van der Waals surface area (Å²) in [6, 6.07) is 3.68. The van der Waals surface area contributed by atoms with Crippen molar-refractivity contribution >= 4 is 22.3 Å². The second-order valence-electron chi connectivity index (χ2n) is 8.33. The van der Waals surface area contributed by atoms with Gasteiger partial charge in [-0.1, -0.05) is 19.0 Å². The highest BCUT2D eigenvalue weighted by Gasteiger charge is 2.28. The van der Waals surface area contributed by atoms with E-state index in [-0.39, 0.29) is 12.0 Å². The molecule has 168 valence electrons. The van der Waals surface area contributed by atoms with Gasteiger partial charge < -0.3 is 14.2 Å². The van der Waals surface area contributed by atoms with E-state index >= 15 is 0 Å². The number of piperidine rings is 1. The third-order valence-electron chi connectivity index (χ3n) is 5.76. The Bertz CT molecular complexity index is 1180. The zero-order chi connectivity index (χ0) is 22.2. The van der Waals surface area contributed by atoms with Gasteiger partial charge in [0.1, 0.15) is 6.10 Å². The first-order chi connectivity index (χ1) is 15.5. The lowest BCUT2D eigenvalue weighted by Gasteiger charge is -2.33. The van der Waals surface area contributed by atoms with Crippen LogP contribution in [0.2, 0.25) is 0 Å². The van der Waals surface area contributed by atoms with E-state index in [1.807, 2.05) is 0 Å². The van der Waals surface area contributed by atoms with Gasteiger partial charge in [0, 0.05) is 36.8 Å². The van der Waals surface area contributed by atoms with E-state index in [1.165, 1.54) is 23.6 Å². The van der Waals surface area contributed by atoms with E-state index in [0.29, 0.717) is 33.3 Å². The van der Waals surface area contributed by atoms with Crippen LogP contribution in [0.4, 0.5) is 10.4 Å². The molecule has 9 nitrogen and oxygen atoms in total. The molecule has 0 spiro atoms. The second-order valence-corrected chi connectivity index (χ2v) is 9.24. The maximum atomic E-state index is 13.4. The van der Waals surface area contributed by atoms with Gasteiger partial charge in [0.2, 0.25) is 10.9 Å². The van der Waals surface area contributed by atoms with Crippen LogP contribution in [0.15, 0.2) is 29.0 Å². The van der Waals surface area contributed by atoms with Crippen molar-refractivity contribution in [2.75, 3.05) is 18.0 Å². The van der Waals surface area contributed by atoms with Gasteiger partial charge in [0.15, 0.2) is 5.82 Å². The van der Waals surface area contributed by atoms with Crippen molar-refractivity contribution in [3.8, 4) is 16.5 Å². The summed E-state index contributed by atoms with van der Waals surface area (Å²) in [5.74, 6) is 0.866. The Kier molecular flexibility index (Phi) is 5.50. The predicted molar refractivity (Wildman–Crippen MR) is 117 cm³/mol. The van der Waals surface area contributed by atoms with Crippen LogP contribution in [0.3, 0.4) is 0 Å². The van der Waals surface area contributed by atoms with Gasteiger partial charge in [-0.25, -0.2) is 14.5 Å². The molecule has 0 amide bonds. The van der Waals surface area contributed by atoms with E-state index < -0.39 is 5.95 Å². The fraction of sp³-hybridized carbons (Fsp3) is 0.476. The molecule has 1 atom stereocenters. The number of halogens is 1. The Morgan fingerprint density at radius 3 is 2.72 bits per heavy atom. The van der Waals surface area contributed by atoms with Crippen LogP contribution in [0, 0.1) is 11.9 Å². The van der Waals surface area contributed by atoms with Gasteiger partial charge in [0.05, 0.1) is 11.9 Å². The molecular formula is C21H24FN7O2S. The maximum Gasteiger partial charge on any atom is 0.324 e. The zero-order valence-electron chi connectivity index (χ0n) is 18.1. The van der Waals surface area contributed by atoms with Crippen LogP contribution >= 0.6 is 11.3 Å². The third-order valence-corrected chi connectivity index (χ3v) is 6.57. The number of hydrogen-bond donors (Lipinski definition) is 0. The molecule has 1 fully saturated rings. The van der Waals surface area contributed by atoms with Crippen molar-refractivity contribution in [2.45, 2.75) is 45.6 Å². The largest absolute Gasteiger partial charge is 0.466 e. The third kappa shape index (κ3) is 4.16. The first-order valence-corrected chi connectivity index (χ1v) is 11.5. The van der Waals surface area contributed by atoms with E-state index in [2.05, 4.69) is 50.9 Å². The van der Waals surface area contributed by atoms with Crippen LogP contribution < -0.4 is 9.64 Å². The van der Waals surface area contributed by atoms with E-state index in [1.54, 1.807) is 16.8 Å². The summed E-state index contributed by atoms with van der Waals surface area (Å²) >= 11 is 1.38. The lowest BCUT2D eigenvalue weighted by Crippen LogP contribution is -2.38. The first kappa shape index (κ1) is 20.8. The minimum absolute atomic E-state index is 0.0238. The summed E-state index contributed by atoms with van der Waals surface area (Å²) in [6.45, 7) is 7.89. The van der Waals surface area contributed by atoms with Gasteiger partial charge in [-0.2, -0.15) is 9.37 Å². The number of nitrogens with zero attached hydrogens (tertiary/aromatic N) is 7. The summed E-state index contributed by atoms with van der Waals surface area (Å²) in [7, 11) is 0. The highest BCUT2D eigenvalue weighted by molar-refractivity contribution is 7.18. The number of anilines is 1. The lowest BCUT2D eigenvalue weighted by atomic mass is 9.92. The molecule has 4 aromatic heterocycles. The van der Waals surface area contributed by atoms with E-state index in [4.69, 9.17) is 9.26 Å². The smallest absolute Gasteiger partial charge is 0.324 e. The molecule has 0 radical (unpaired) electrons. The standard InChI is InChI=1S/C21H24FN7O2S/c1-12(2)18-25-19(31-27-18)28-8-5-14(6-9-28)13(3)30-21-26-29-11-16(24-20(29)32-21)15-4-7-23-17(22)10-15/h4,7,10-14H,5-6,8-9H2,1-3H3. The van der Waals surface area contributed by atoms with Crippen molar-refractivity contribution in [1.29, 1.82) is 0 Å². The highest BCUT2D eigenvalue weighted by atomic mass is 32.1. The van der Waals surface area contributed by atoms with Crippen molar-refractivity contribution in [1.82, 2.24) is 29.7 Å². The molecule has 1 aliphatic heterocycles. The molecule has 0 bridgehead atoms. The molecule has 0 aromatic carbocycles. The average Bonchev–Trinajstić information content (AvgIpc) is 3.49. The minimum Gasteiger partial charge on any atom is -0.466 e. The summed E-state index contributed by atoms with van der Waals surface area (Å²) in [4.78, 5) is 15.5. The van der Waals surface area contributed by atoms with Gasteiger partial charge in [-0.15, -0.1) is 5.10 Å². The molecule has 0 N–H and O–H groups in total. The fourth-order valence-electron chi connectivity index (χ4n) is 3.84. The van der Waals surface area contributed by atoms with Gasteiger partial charge in [-0.05, 0) is 43.1 Å². The summed E-state index contributed by atoms with van der Waals surface area (Å²) in [6.07, 6.45) is 5.17. The van der Waals surface area contributed by atoms with Crippen LogP contribution in [-0.4, -0.2) is 48.9 Å². The first-order valence-electron chi connectivity index (χ1n) is 10.7. The number of ether oxygens (including phenoxy) is 1. The van der Waals surface area contributed by atoms with E-state index in [0.717, 1.165) is 31.8 Å². The number of pyridine rings is 1. The Labute approximate surface area is 188 Å². The van der Waals surface area contributed by atoms with Crippen molar-refractivity contribution in [3.63, 3.8) is 0 Å². The normalized spacial score (nSPS) is 16.2. The van der Waals surface area contributed by atoms with Gasteiger partial charge in [0.25, 0.3) is 5.19 Å². The topological polar surface area (TPSA) is 94.5 Å². The van der Waals surface area contributed by atoms with E-state index in [9.17, 15) is 4.39 Å². The number of hydrogen-bond acceptors (Lipinski definition) is 9. The van der Waals surface area contributed by atoms with Crippen molar-refractivity contribution in [2.24, 2.45) is 5.92 Å². The quantitative estimate of drug-likeness (QED) is 0.398. The molecule has 5 rings (SSSR count). The molecule has 32 heavy (non-hydrogen) atoms. The number of aromatic nitrogens is 6. The molecular weight excluding hydrogens is 433 g/mol.